The topological polar surface area (TPSA) is 29.5 Å². The number of rotatable bonds is 10. The SMILES string of the molecule is C=CCOc1ccc(-c2ccc(-c3ccc(C=CCCCC(C)O)cc3)cc2)cc1F. The summed E-state index contributed by atoms with van der Waals surface area (Å²) < 4.78 is 19.5. The molecule has 0 spiro atoms. The molecular formula is C28H29FO2. The van der Waals surface area contributed by atoms with Crippen LogP contribution in [0.4, 0.5) is 4.39 Å². The summed E-state index contributed by atoms with van der Waals surface area (Å²) in [4.78, 5) is 0. The summed E-state index contributed by atoms with van der Waals surface area (Å²) in [7, 11) is 0. The van der Waals surface area contributed by atoms with Crippen molar-refractivity contribution in [2.75, 3.05) is 6.61 Å². The lowest BCUT2D eigenvalue weighted by atomic mass is 9.99. The Hall–Kier alpha value is -3.17. The zero-order chi connectivity index (χ0) is 22.1. The van der Waals surface area contributed by atoms with Gasteiger partial charge in [-0.1, -0.05) is 79.4 Å². The molecule has 2 nitrogen and oxygen atoms in total. The Morgan fingerprint density at radius 1 is 0.935 bits per heavy atom. The first-order chi connectivity index (χ1) is 15.1. The standard InChI is InChI=1S/C28H29FO2/c1-3-19-31-28-18-17-26(20-27(28)29)25-15-13-24(14-16-25)23-11-9-22(10-12-23)8-6-4-5-7-21(2)30/h3,6,8-18,20-21,30H,1,4-5,7,19H2,2H3. The summed E-state index contributed by atoms with van der Waals surface area (Å²) in [5.74, 6) is -0.143. The van der Waals surface area contributed by atoms with Gasteiger partial charge in [-0.05, 0) is 66.1 Å². The van der Waals surface area contributed by atoms with E-state index in [1.165, 1.54) is 6.07 Å². The van der Waals surface area contributed by atoms with E-state index in [4.69, 9.17) is 4.74 Å². The van der Waals surface area contributed by atoms with E-state index in [1.54, 1.807) is 12.1 Å². The lowest BCUT2D eigenvalue weighted by Crippen LogP contribution is -1.97. The van der Waals surface area contributed by atoms with Gasteiger partial charge in [0.15, 0.2) is 11.6 Å². The first-order valence-electron chi connectivity index (χ1n) is 10.7. The van der Waals surface area contributed by atoms with E-state index in [0.29, 0.717) is 0 Å². The zero-order valence-electron chi connectivity index (χ0n) is 17.9. The fraction of sp³-hybridized carbons (Fsp3) is 0.214. The lowest BCUT2D eigenvalue weighted by Gasteiger charge is -2.08. The highest BCUT2D eigenvalue weighted by molar-refractivity contribution is 5.71. The van der Waals surface area contributed by atoms with E-state index in [1.807, 2.05) is 25.1 Å². The van der Waals surface area contributed by atoms with Crippen molar-refractivity contribution in [2.24, 2.45) is 0 Å². The minimum absolute atomic E-state index is 0.228. The first kappa shape index (κ1) is 22.5. The second-order valence-corrected chi connectivity index (χ2v) is 7.63. The smallest absolute Gasteiger partial charge is 0.165 e. The van der Waals surface area contributed by atoms with Gasteiger partial charge in [-0.25, -0.2) is 4.39 Å². The van der Waals surface area contributed by atoms with Crippen LogP contribution in [-0.4, -0.2) is 17.8 Å². The molecule has 31 heavy (non-hydrogen) atoms. The monoisotopic (exact) mass is 416 g/mol. The molecule has 0 amide bonds. The highest BCUT2D eigenvalue weighted by Crippen LogP contribution is 2.28. The van der Waals surface area contributed by atoms with Crippen molar-refractivity contribution in [3.63, 3.8) is 0 Å². The molecule has 3 rings (SSSR count). The van der Waals surface area contributed by atoms with Gasteiger partial charge in [-0.3, -0.25) is 0 Å². The van der Waals surface area contributed by atoms with E-state index < -0.39 is 0 Å². The molecule has 0 saturated heterocycles. The van der Waals surface area contributed by atoms with Crippen LogP contribution in [0, 0.1) is 5.82 Å². The largest absolute Gasteiger partial charge is 0.486 e. The Labute approximate surface area is 184 Å². The second kappa shape index (κ2) is 11.3. The Balaban J connectivity index is 1.64. The van der Waals surface area contributed by atoms with Gasteiger partial charge in [0.2, 0.25) is 0 Å². The van der Waals surface area contributed by atoms with Crippen LogP contribution in [0.1, 0.15) is 31.7 Å². The van der Waals surface area contributed by atoms with E-state index in [0.717, 1.165) is 47.1 Å². The first-order valence-corrected chi connectivity index (χ1v) is 10.7. The molecule has 0 aromatic heterocycles. The number of unbranched alkanes of at least 4 members (excludes halogenated alkanes) is 1. The van der Waals surface area contributed by atoms with Crippen molar-refractivity contribution >= 4 is 6.08 Å². The average Bonchev–Trinajstić information content (AvgIpc) is 2.78. The summed E-state index contributed by atoms with van der Waals surface area (Å²) >= 11 is 0. The van der Waals surface area contributed by atoms with Gasteiger partial charge in [-0.2, -0.15) is 0 Å². The number of ether oxygens (including phenoxy) is 1. The highest BCUT2D eigenvalue weighted by Gasteiger charge is 2.06. The van der Waals surface area contributed by atoms with Crippen LogP contribution in [-0.2, 0) is 0 Å². The van der Waals surface area contributed by atoms with E-state index >= 15 is 0 Å². The maximum atomic E-state index is 14.2. The predicted molar refractivity (Wildman–Crippen MR) is 128 cm³/mol. The van der Waals surface area contributed by atoms with Crippen molar-refractivity contribution in [3.05, 3.63) is 96.8 Å². The van der Waals surface area contributed by atoms with Gasteiger partial charge in [-0.15, -0.1) is 0 Å². The third kappa shape index (κ3) is 6.66. The normalized spacial score (nSPS) is 12.1. The summed E-state index contributed by atoms with van der Waals surface area (Å²) in [5, 5.41) is 9.29. The third-order valence-corrected chi connectivity index (χ3v) is 5.05. The van der Waals surface area contributed by atoms with Crippen LogP contribution in [0.25, 0.3) is 28.3 Å². The molecule has 3 aromatic rings. The highest BCUT2D eigenvalue weighted by atomic mass is 19.1. The van der Waals surface area contributed by atoms with Gasteiger partial charge in [0, 0.05) is 0 Å². The number of hydrogen-bond acceptors (Lipinski definition) is 2. The Morgan fingerprint density at radius 2 is 1.52 bits per heavy atom. The number of aliphatic hydroxyl groups excluding tert-OH is 1. The Morgan fingerprint density at radius 3 is 2.10 bits per heavy atom. The van der Waals surface area contributed by atoms with Crippen LogP contribution in [0.3, 0.4) is 0 Å². The number of aliphatic hydroxyl groups is 1. The van der Waals surface area contributed by atoms with Gasteiger partial charge in [0.05, 0.1) is 6.10 Å². The summed E-state index contributed by atoms with van der Waals surface area (Å²) in [5.41, 5.74) is 5.17. The maximum Gasteiger partial charge on any atom is 0.165 e. The molecule has 0 saturated carbocycles. The van der Waals surface area contributed by atoms with Crippen molar-refractivity contribution in [2.45, 2.75) is 32.3 Å². The molecule has 1 atom stereocenters. The van der Waals surface area contributed by atoms with Crippen LogP contribution in [0.5, 0.6) is 5.75 Å². The van der Waals surface area contributed by atoms with Crippen molar-refractivity contribution < 1.29 is 14.2 Å². The van der Waals surface area contributed by atoms with E-state index in [9.17, 15) is 9.50 Å². The molecule has 160 valence electrons. The summed E-state index contributed by atoms with van der Waals surface area (Å²) in [6, 6.07) is 21.5. The fourth-order valence-corrected chi connectivity index (χ4v) is 3.34. The van der Waals surface area contributed by atoms with Crippen LogP contribution >= 0.6 is 0 Å². The molecular weight excluding hydrogens is 387 g/mol. The number of hydrogen-bond donors (Lipinski definition) is 1. The van der Waals surface area contributed by atoms with Gasteiger partial charge in [0.25, 0.3) is 0 Å². The number of allylic oxidation sites excluding steroid dienone is 1. The van der Waals surface area contributed by atoms with Gasteiger partial charge < -0.3 is 9.84 Å². The number of benzene rings is 3. The molecule has 1 unspecified atom stereocenters. The molecule has 0 heterocycles. The third-order valence-electron chi connectivity index (χ3n) is 5.05. The van der Waals surface area contributed by atoms with Gasteiger partial charge in [0.1, 0.15) is 6.61 Å². The van der Waals surface area contributed by atoms with Crippen LogP contribution < -0.4 is 4.74 Å². The molecule has 3 aromatic carbocycles. The van der Waals surface area contributed by atoms with E-state index in [2.05, 4.69) is 55.1 Å². The van der Waals surface area contributed by atoms with Crippen molar-refractivity contribution in [1.82, 2.24) is 0 Å². The quantitative estimate of drug-likeness (QED) is 0.278. The zero-order valence-corrected chi connectivity index (χ0v) is 17.9. The minimum Gasteiger partial charge on any atom is -0.486 e. The average molecular weight is 417 g/mol. The second-order valence-electron chi connectivity index (χ2n) is 7.63. The van der Waals surface area contributed by atoms with Crippen LogP contribution in [0.15, 0.2) is 85.5 Å². The molecule has 0 fully saturated rings. The fourth-order valence-electron chi connectivity index (χ4n) is 3.34. The maximum absolute atomic E-state index is 14.2. The molecule has 0 aliphatic heterocycles. The van der Waals surface area contributed by atoms with E-state index in [-0.39, 0.29) is 24.3 Å². The molecule has 0 radical (unpaired) electrons. The molecule has 3 heteroatoms. The minimum atomic E-state index is -0.377. The predicted octanol–water partition coefficient (Wildman–Crippen LogP) is 7.29. The molecule has 1 N–H and O–H groups in total. The Bertz CT molecular complexity index is 1000. The lowest BCUT2D eigenvalue weighted by molar-refractivity contribution is 0.182. The Kier molecular flexibility index (Phi) is 8.19. The van der Waals surface area contributed by atoms with Crippen LogP contribution in [0.2, 0.25) is 0 Å². The molecule has 0 aliphatic rings. The molecule has 0 bridgehead atoms. The summed E-state index contributed by atoms with van der Waals surface area (Å²) in [6.07, 6.45) is 8.43. The molecule has 0 aliphatic carbocycles. The summed E-state index contributed by atoms with van der Waals surface area (Å²) in [6.45, 7) is 5.68. The number of halogens is 1. The van der Waals surface area contributed by atoms with Crippen molar-refractivity contribution in [3.8, 4) is 28.0 Å². The van der Waals surface area contributed by atoms with Crippen molar-refractivity contribution in [1.29, 1.82) is 0 Å². The van der Waals surface area contributed by atoms with Gasteiger partial charge >= 0.3 is 0 Å².